The number of halogens is 1. The highest BCUT2D eigenvalue weighted by atomic mass is 35.5. The minimum absolute atomic E-state index is 0.120. The normalized spacial score (nSPS) is 10.4. The van der Waals surface area contributed by atoms with E-state index in [2.05, 4.69) is 19.1 Å². The van der Waals surface area contributed by atoms with Gasteiger partial charge in [-0.2, -0.15) is 0 Å². The Balaban J connectivity index is 1.93. The highest BCUT2D eigenvalue weighted by Gasteiger charge is 2.10. The average Bonchev–Trinajstić information content (AvgIpc) is 2.50. The molecule has 3 heteroatoms. The average molecular weight is 302 g/mol. The monoisotopic (exact) mass is 301 g/mol. The van der Waals surface area contributed by atoms with Gasteiger partial charge in [-0.25, -0.2) is 0 Å². The molecule has 2 aromatic carbocycles. The van der Waals surface area contributed by atoms with Gasteiger partial charge in [0.1, 0.15) is 0 Å². The van der Waals surface area contributed by atoms with Gasteiger partial charge in [-0.1, -0.05) is 54.9 Å². The molecule has 0 fully saturated rings. The number of benzene rings is 2. The van der Waals surface area contributed by atoms with Crippen molar-refractivity contribution in [1.82, 2.24) is 4.90 Å². The standard InChI is InChI=1S/C18H20ClNO/c1-3-14-4-6-15(7-5-14)12-18(21)20(2)13-16-8-10-17(19)11-9-16/h4-11H,3,12-13H2,1-2H3. The summed E-state index contributed by atoms with van der Waals surface area (Å²) in [6, 6.07) is 15.8. The fourth-order valence-corrected chi connectivity index (χ4v) is 2.28. The lowest BCUT2D eigenvalue weighted by atomic mass is 10.1. The van der Waals surface area contributed by atoms with E-state index in [-0.39, 0.29) is 5.91 Å². The maximum atomic E-state index is 12.2. The summed E-state index contributed by atoms with van der Waals surface area (Å²) in [5.41, 5.74) is 3.43. The first-order valence-corrected chi connectivity index (χ1v) is 7.52. The minimum Gasteiger partial charge on any atom is -0.341 e. The Hall–Kier alpha value is -1.80. The molecule has 0 aromatic heterocycles. The molecule has 0 aliphatic heterocycles. The third-order valence-electron chi connectivity index (χ3n) is 3.55. The van der Waals surface area contributed by atoms with Crippen LogP contribution in [-0.2, 0) is 24.2 Å². The first-order valence-electron chi connectivity index (χ1n) is 7.14. The minimum atomic E-state index is 0.120. The Kier molecular flexibility index (Phi) is 5.40. The molecular weight excluding hydrogens is 282 g/mol. The molecule has 0 unspecified atom stereocenters. The lowest BCUT2D eigenvalue weighted by Crippen LogP contribution is -2.27. The van der Waals surface area contributed by atoms with Gasteiger partial charge in [-0.05, 0) is 35.2 Å². The second kappa shape index (κ2) is 7.28. The third kappa shape index (κ3) is 4.61. The SMILES string of the molecule is CCc1ccc(CC(=O)N(C)Cc2ccc(Cl)cc2)cc1. The van der Waals surface area contributed by atoms with E-state index < -0.39 is 0 Å². The van der Waals surface area contributed by atoms with Crippen LogP contribution in [0, 0.1) is 0 Å². The number of amides is 1. The molecule has 0 atom stereocenters. The molecule has 2 rings (SSSR count). The molecule has 0 saturated heterocycles. The van der Waals surface area contributed by atoms with Crippen LogP contribution in [0.5, 0.6) is 0 Å². The van der Waals surface area contributed by atoms with Crippen LogP contribution in [0.25, 0.3) is 0 Å². The van der Waals surface area contributed by atoms with Gasteiger partial charge in [-0.3, -0.25) is 4.79 Å². The quantitative estimate of drug-likeness (QED) is 0.814. The molecule has 2 nitrogen and oxygen atoms in total. The van der Waals surface area contributed by atoms with E-state index in [9.17, 15) is 4.79 Å². The number of carbonyl (C=O) groups is 1. The van der Waals surface area contributed by atoms with Crippen LogP contribution >= 0.6 is 11.6 Å². The van der Waals surface area contributed by atoms with Gasteiger partial charge in [0, 0.05) is 18.6 Å². The largest absolute Gasteiger partial charge is 0.341 e. The Morgan fingerprint density at radius 3 is 2.05 bits per heavy atom. The number of aryl methyl sites for hydroxylation is 1. The van der Waals surface area contributed by atoms with Crippen LogP contribution < -0.4 is 0 Å². The highest BCUT2D eigenvalue weighted by Crippen LogP contribution is 2.12. The van der Waals surface area contributed by atoms with Crippen molar-refractivity contribution in [2.45, 2.75) is 26.3 Å². The lowest BCUT2D eigenvalue weighted by molar-refractivity contribution is -0.129. The predicted octanol–water partition coefficient (Wildman–Crippen LogP) is 4.10. The molecule has 2 aromatic rings. The first kappa shape index (κ1) is 15.6. The smallest absolute Gasteiger partial charge is 0.227 e. The number of nitrogens with zero attached hydrogens (tertiary/aromatic N) is 1. The second-order valence-electron chi connectivity index (χ2n) is 5.22. The molecule has 0 spiro atoms. The van der Waals surface area contributed by atoms with Crippen molar-refractivity contribution in [3.8, 4) is 0 Å². The maximum Gasteiger partial charge on any atom is 0.227 e. The summed E-state index contributed by atoms with van der Waals surface area (Å²) >= 11 is 5.86. The number of likely N-dealkylation sites (N-methyl/N-ethyl adjacent to an activating group) is 1. The Morgan fingerprint density at radius 1 is 0.952 bits per heavy atom. The zero-order valence-corrected chi connectivity index (χ0v) is 13.2. The van der Waals surface area contributed by atoms with Gasteiger partial charge in [0.2, 0.25) is 5.91 Å². The van der Waals surface area contributed by atoms with Crippen LogP contribution in [0.3, 0.4) is 0 Å². The summed E-state index contributed by atoms with van der Waals surface area (Å²) in [5.74, 6) is 0.120. The van der Waals surface area contributed by atoms with Crippen molar-refractivity contribution >= 4 is 17.5 Å². The molecule has 0 aliphatic rings. The molecule has 0 aliphatic carbocycles. The second-order valence-corrected chi connectivity index (χ2v) is 5.66. The van der Waals surface area contributed by atoms with Crippen LogP contribution in [0.2, 0.25) is 5.02 Å². The summed E-state index contributed by atoms with van der Waals surface area (Å²) in [6.45, 7) is 2.73. The molecule has 0 bridgehead atoms. The van der Waals surface area contributed by atoms with Gasteiger partial charge in [0.15, 0.2) is 0 Å². The number of carbonyl (C=O) groups excluding carboxylic acids is 1. The van der Waals surface area contributed by atoms with E-state index in [0.717, 1.165) is 17.5 Å². The Labute approximate surface area is 131 Å². The lowest BCUT2D eigenvalue weighted by Gasteiger charge is -2.17. The van der Waals surface area contributed by atoms with Crippen LogP contribution in [0.4, 0.5) is 0 Å². The number of rotatable bonds is 5. The summed E-state index contributed by atoms with van der Waals surface area (Å²) in [6.07, 6.45) is 1.46. The summed E-state index contributed by atoms with van der Waals surface area (Å²) in [7, 11) is 1.83. The van der Waals surface area contributed by atoms with Gasteiger partial charge in [-0.15, -0.1) is 0 Å². The van der Waals surface area contributed by atoms with Crippen molar-refractivity contribution in [1.29, 1.82) is 0 Å². The molecule has 110 valence electrons. The molecule has 0 N–H and O–H groups in total. The summed E-state index contributed by atoms with van der Waals surface area (Å²) in [4.78, 5) is 14.0. The molecule has 0 radical (unpaired) electrons. The Morgan fingerprint density at radius 2 is 1.48 bits per heavy atom. The topological polar surface area (TPSA) is 20.3 Å². The van der Waals surface area contributed by atoms with Crippen LogP contribution in [0.15, 0.2) is 48.5 Å². The number of hydrogen-bond acceptors (Lipinski definition) is 1. The van der Waals surface area contributed by atoms with Crippen molar-refractivity contribution in [2.75, 3.05) is 7.05 Å². The van der Waals surface area contributed by atoms with Gasteiger partial charge in [0.25, 0.3) is 0 Å². The van der Waals surface area contributed by atoms with Crippen molar-refractivity contribution in [3.63, 3.8) is 0 Å². The molecular formula is C18H20ClNO. The third-order valence-corrected chi connectivity index (χ3v) is 3.80. The molecule has 1 amide bonds. The fourth-order valence-electron chi connectivity index (χ4n) is 2.15. The summed E-state index contributed by atoms with van der Waals surface area (Å²) in [5, 5.41) is 0.712. The highest BCUT2D eigenvalue weighted by molar-refractivity contribution is 6.30. The molecule has 0 saturated carbocycles. The van der Waals surface area contributed by atoms with E-state index in [0.29, 0.717) is 18.0 Å². The molecule has 21 heavy (non-hydrogen) atoms. The predicted molar refractivity (Wildman–Crippen MR) is 87.5 cm³/mol. The fraction of sp³-hybridized carbons (Fsp3) is 0.278. The van der Waals surface area contributed by atoms with Crippen LogP contribution in [0.1, 0.15) is 23.6 Å². The zero-order valence-electron chi connectivity index (χ0n) is 12.5. The van der Waals surface area contributed by atoms with Crippen molar-refractivity contribution in [3.05, 3.63) is 70.2 Å². The van der Waals surface area contributed by atoms with E-state index in [1.165, 1.54) is 5.56 Å². The van der Waals surface area contributed by atoms with E-state index >= 15 is 0 Å². The van der Waals surface area contributed by atoms with E-state index in [4.69, 9.17) is 11.6 Å². The Bertz CT molecular complexity index is 590. The van der Waals surface area contributed by atoms with E-state index in [1.807, 2.05) is 43.4 Å². The zero-order chi connectivity index (χ0) is 15.2. The van der Waals surface area contributed by atoms with Gasteiger partial charge >= 0.3 is 0 Å². The first-order chi connectivity index (χ1) is 10.1. The van der Waals surface area contributed by atoms with Crippen LogP contribution in [-0.4, -0.2) is 17.9 Å². The maximum absolute atomic E-state index is 12.2. The van der Waals surface area contributed by atoms with Gasteiger partial charge < -0.3 is 4.90 Å². The molecule has 0 heterocycles. The van der Waals surface area contributed by atoms with Gasteiger partial charge in [0.05, 0.1) is 6.42 Å². The van der Waals surface area contributed by atoms with Crippen molar-refractivity contribution < 1.29 is 4.79 Å². The number of hydrogen-bond donors (Lipinski definition) is 0. The van der Waals surface area contributed by atoms with E-state index in [1.54, 1.807) is 4.90 Å². The summed E-state index contributed by atoms with van der Waals surface area (Å²) < 4.78 is 0. The van der Waals surface area contributed by atoms with Crippen molar-refractivity contribution in [2.24, 2.45) is 0 Å².